The number of aromatic nitrogens is 2. The van der Waals surface area contributed by atoms with Crippen LogP contribution in [0.2, 0.25) is 0 Å². The molecular formula is C13H16N2O. The summed E-state index contributed by atoms with van der Waals surface area (Å²) in [6.07, 6.45) is 3.82. The molecule has 2 aromatic rings. The summed E-state index contributed by atoms with van der Waals surface area (Å²) in [5.74, 6) is 1.82. The fourth-order valence-corrected chi connectivity index (χ4v) is 1.75. The summed E-state index contributed by atoms with van der Waals surface area (Å²) < 4.78 is 2.14. The maximum atomic E-state index is 9.21. The second kappa shape index (κ2) is 4.39. The van der Waals surface area contributed by atoms with E-state index in [2.05, 4.69) is 23.4 Å². The summed E-state index contributed by atoms with van der Waals surface area (Å²) in [5.41, 5.74) is 1.16. The van der Waals surface area contributed by atoms with Crippen molar-refractivity contribution in [2.45, 2.75) is 26.3 Å². The summed E-state index contributed by atoms with van der Waals surface area (Å²) >= 11 is 0. The number of imidazole rings is 1. The van der Waals surface area contributed by atoms with Crippen molar-refractivity contribution < 1.29 is 5.11 Å². The molecule has 1 aromatic carbocycles. The summed E-state index contributed by atoms with van der Waals surface area (Å²) in [5, 5.41) is 9.21. The topological polar surface area (TPSA) is 38.0 Å². The molecule has 0 radical (unpaired) electrons. The Bertz CT molecular complexity index is 457. The minimum absolute atomic E-state index is 0.304. The number of hydrogen-bond donors (Lipinski definition) is 1. The van der Waals surface area contributed by atoms with Gasteiger partial charge in [-0.3, -0.25) is 0 Å². The van der Waals surface area contributed by atoms with E-state index in [4.69, 9.17) is 0 Å². The molecule has 0 saturated carbocycles. The van der Waals surface area contributed by atoms with Crippen LogP contribution in [0.4, 0.5) is 0 Å². The van der Waals surface area contributed by atoms with Gasteiger partial charge in [0.05, 0.1) is 0 Å². The van der Waals surface area contributed by atoms with E-state index in [0.717, 1.165) is 17.9 Å². The molecule has 84 valence electrons. The molecular weight excluding hydrogens is 200 g/mol. The van der Waals surface area contributed by atoms with Crippen LogP contribution in [0.3, 0.4) is 0 Å². The van der Waals surface area contributed by atoms with Gasteiger partial charge in [0.1, 0.15) is 11.6 Å². The van der Waals surface area contributed by atoms with Crippen molar-refractivity contribution in [1.29, 1.82) is 0 Å². The van der Waals surface area contributed by atoms with Gasteiger partial charge in [-0.2, -0.15) is 0 Å². The highest BCUT2D eigenvalue weighted by molar-refractivity contribution is 5.26. The predicted octanol–water partition coefficient (Wildman–Crippen LogP) is 2.76. The van der Waals surface area contributed by atoms with Gasteiger partial charge in [-0.1, -0.05) is 26.0 Å². The Labute approximate surface area is 95.4 Å². The van der Waals surface area contributed by atoms with Crippen LogP contribution in [0.1, 0.15) is 31.2 Å². The Balaban J connectivity index is 2.20. The quantitative estimate of drug-likeness (QED) is 0.856. The van der Waals surface area contributed by atoms with Gasteiger partial charge < -0.3 is 9.67 Å². The Kier molecular flexibility index (Phi) is 2.95. The first-order chi connectivity index (χ1) is 7.66. The molecule has 0 unspecified atom stereocenters. The molecule has 1 aromatic heterocycles. The molecule has 1 heterocycles. The van der Waals surface area contributed by atoms with E-state index in [1.54, 1.807) is 12.1 Å². The number of phenolic OH excluding ortho intramolecular Hbond substituents is 1. The number of aromatic hydroxyl groups is 1. The highest BCUT2D eigenvalue weighted by Crippen LogP contribution is 2.15. The Hall–Kier alpha value is -1.77. The number of hydrogen-bond acceptors (Lipinski definition) is 2. The van der Waals surface area contributed by atoms with E-state index in [9.17, 15) is 5.11 Å². The lowest BCUT2D eigenvalue weighted by Crippen LogP contribution is -2.05. The largest absolute Gasteiger partial charge is 0.508 e. The fourth-order valence-electron chi connectivity index (χ4n) is 1.75. The van der Waals surface area contributed by atoms with Crippen LogP contribution in [-0.2, 0) is 6.54 Å². The Morgan fingerprint density at radius 1 is 1.25 bits per heavy atom. The minimum Gasteiger partial charge on any atom is -0.508 e. The number of nitrogens with zero attached hydrogens (tertiary/aromatic N) is 2. The van der Waals surface area contributed by atoms with Gasteiger partial charge in [0.15, 0.2) is 0 Å². The molecule has 0 amide bonds. The number of phenols is 1. The first kappa shape index (κ1) is 10.7. The summed E-state index contributed by atoms with van der Waals surface area (Å²) in [7, 11) is 0. The van der Waals surface area contributed by atoms with Crippen LogP contribution in [0.15, 0.2) is 36.7 Å². The smallest absolute Gasteiger partial charge is 0.115 e. The van der Waals surface area contributed by atoms with Crippen molar-refractivity contribution >= 4 is 0 Å². The lowest BCUT2D eigenvalue weighted by Gasteiger charge is -2.10. The third-order valence-electron chi connectivity index (χ3n) is 2.55. The maximum Gasteiger partial charge on any atom is 0.115 e. The number of rotatable bonds is 3. The zero-order valence-corrected chi connectivity index (χ0v) is 9.59. The molecule has 0 aliphatic heterocycles. The van der Waals surface area contributed by atoms with Crippen LogP contribution >= 0.6 is 0 Å². The van der Waals surface area contributed by atoms with E-state index >= 15 is 0 Å². The SMILES string of the molecule is CC(C)c1nccn1Cc1ccc(O)cc1. The molecule has 0 aliphatic rings. The maximum absolute atomic E-state index is 9.21. The highest BCUT2D eigenvalue weighted by atomic mass is 16.3. The summed E-state index contributed by atoms with van der Waals surface area (Å²) in [6, 6.07) is 7.28. The third-order valence-corrected chi connectivity index (χ3v) is 2.55. The van der Waals surface area contributed by atoms with Gasteiger partial charge in [0.25, 0.3) is 0 Å². The monoisotopic (exact) mass is 216 g/mol. The lowest BCUT2D eigenvalue weighted by molar-refractivity contribution is 0.475. The van der Waals surface area contributed by atoms with Crippen molar-refractivity contribution in [2.75, 3.05) is 0 Å². The molecule has 0 saturated heterocycles. The molecule has 1 N–H and O–H groups in total. The molecule has 0 bridgehead atoms. The van der Waals surface area contributed by atoms with Crippen molar-refractivity contribution in [3.05, 3.63) is 48.0 Å². The van der Waals surface area contributed by atoms with Crippen molar-refractivity contribution in [3.63, 3.8) is 0 Å². The first-order valence-corrected chi connectivity index (χ1v) is 5.46. The van der Waals surface area contributed by atoms with Gasteiger partial charge in [-0.15, -0.1) is 0 Å². The normalized spacial score (nSPS) is 10.9. The molecule has 0 atom stereocenters. The first-order valence-electron chi connectivity index (χ1n) is 5.46. The van der Waals surface area contributed by atoms with Crippen LogP contribution in [0, 0.1) is 0 Å². The predicted molar refractivity (Wildman–Crippen MR) is 63.5 cm³/mol. The average molecular weight is 216 g/mol. The standard InChI is InChI=1S/C13H16N2O/c1-10(2)13-14-7-8-15(13)9-11-3-5-12(16)6-4-11/h3-8,10,16H,9H2,1-2H3. The molecule has 16 heavy (non-hydrogen) atoms. The average Bonchev–Trinajstić information content (AvgIpc) is 2.69. The van der Waals surface area contributed by atoms with Gasteiger partial charge in [0, 0.05) is 24.9 Å². The lowest BCUT2D eigenvalue weighted by atomic mass is 10.2. The zero-order chi connectivity index (χ0) is 11.5. The van der Waals surface area contributed by atoms with E-state index < -0.39 is 0 Å². The van der Waals surface area contributed by atoms with E-state index in [-0.39, 0.29) is 0 Å². The molecule has 3 heteroatoms. The second-order valence-electron chi connectivity index (χ2n) is 4.23. The van der Waals surface area contributed by atoms with Crippen molar-refractivity contribution in [2.24, 2.45) is 0 Å². The molecule has 0 fully saturated rings. The molecule has 0 aliphatic carbocycles. The van der Waals surface area contributed by atoms with Crippen LogP contribution in [-0.4, -0.2) is 14.7 Å². The van der Waals surface area contributed by atoms with Crippen molar-refractivity contribution in [1.82, 2.24) is 9.55 Å². The zero-order valence-electron chi connectivity index (χ0n) is 9.59. The van der Waals surface area contributed by atoms with Gasteiger partial charge in [-0.25, -0.2) is 4.98 Å². The fraction of sp³-hybridized carbons (Fsp3) is 0.308. The van der Waals surface area contributed by atoms with E-state index in [1.165, 1.54) is 0 Å². The van der Waals surface area contributed by atoms with Gasteiger partial charge in [0.2, 0.25) is 0 Å². The van der Waals surface area contributed by atoms with Gasteiger partial charge >= 0.3 is 0 Å². The summed E-state index contributed by atoms with van der Waals surface area (Å²) in [4.78, 5) is 4.34. The van der Waals surface area contributed by atoms with E-state index in [1.807, 2.05) is 24.5 Å². The molecule has 2 rings (SSSR count). The third kappa shape index (κ3) is 2.24. The van der Waals surface area contributed by atoms with Crippen LogP contribution < -0.4 is 0 Å². The Morgan fingerprint density at radius 3 is 2.56 bits per heavy atom. The molecule has 3 nitrogen and oxygen atoms in total. The number of benzene rings is 1. The minimum atomic E-state index is 0.304. The highest BCUT2D eigenvalue weighted by Gasteiger charge is 2.07. The van der Waals surface area contributed by atoms with Crippen LogP contribution in [0.5, 0.6) is 5.75 Å². The van der Waals surface area contributed by atoms with Gasteiger partial charge in [-0.05, 0) is 17.7 Å². The van der Waals surface area contributed by atoms with Crippen molar-refractivity contribution in [3.8, 4) is 5.75 Å². The van der Waals surface area contributed by atoms with E-state index in [0.29, 0.717) is 11.7 Å². The second-order valence-corrected chi connectivity index (χ2v) is 4.23. The van der Waals surface area contributed by atoms with Crippen LogP contribution in [0.25, 0.3) is 0 Å². The Morgan fingerprint density at radius 2 is 1.94 bits per heavy atom. The summed E-state index contributed by atoms with van der Waals surface area (Å²) in [6.45, 7) is 5.07. The molecule has 0 spiro atoms.